The van der Waals surface area contributed by atoms with E-state index in [1.807, 2.05) is 19.9 Å². The van der Waals surface area contributed by atoms with Crippen LogP contribution in [0.2, 0.25) is 0 Å². The number of anilines is 1. The Hall–Kier alpha value is -2.18. The Kier molecular flexibility index (Phi) is 5.20. The Morgan fingerprint density at radius 2 is 1.96 bits per heavy atom. The molecule has 0 aromatic carbocycles. The van der Waals surface area contributed by atoms with E-state index in [2.05, 4.69) is 15.2 Å². The molecule has 2 aliphatic heterocycles. The minimum absolute atomic E-state index is 0.0367. The molecule has 2 fully saturated rings. The van der Waals surface area contributed by atoms with Crippen molar-refractivity contribution in [1.82, 2.24) is 20.2 Å². The smallest absolute Gasteiger partial charge is 0.225 e. The van der Waals surface area contributed by atoms with Crippen molar-refractivity contribution in [3.05, 3.63) is 18.0 Å². The second-order valence-electron chi connectivity index (χ2n) is 7.20. The fourth-order valence-electron chi connectivity index (χ4n) is 3.74. The average molecular weight is 345 g/mol. The maximum atomic E-state index is 12.4. The summed E-state index contributed by atoms with van der Waals surface area (Å²) in [6, 6.07) is 1.88. The summed E-state index contributed by atoms with van der Waals surface area (Å²) in [7, 11) is 1.64. The van der Waals surface area contributed by atoms with Gasteiger partial charge >= 0.3 is 0 Å². The normalized spacial score (nSPS) is 23.4. The highest BCUT2D eigenvalue weighted by atomic mass is 16.2. The highest BCUT2D eigenvalue weighted by molar-refractivity contribution is 5.83. The van der Waals surface area contributed by atoms with Crippen molar-refractivity contribution >= 4 is 17.8 Å². The van der Waals surface area contributed by atoms with Gasteiger partial charge in [0.25, 0.3) is 0 Å². The Balaban J connectivity index is 1.86. The molecule has 2 amide bonds. The number of nitrogens with zero attached hydrogens (tertiary/aromatic N) is 4. The molecule has 7 heteroatoms. The number of carbonyl (C=O) groups excluding carboxylic acids is 2. The molecule has 136 valence electrons. The SMILES string of the molecule is CNC(=O)[C@@H]1CN(C(=O)C(C)C)C[C@H]1c1ccnc(N2CCCC2)n1. The van der Waals surface area contributed by atoms with Gasteiger partial charge in [-0.25, -0.2) is 9.97 Å². The molecule has 0 aliphatic carbocycles. The molecule has 0 saturated carbocycles. The van der Waals surface area contributed by atoms with E-state index < -0.39 is 0 Å². The van der Waals surface area contributed by atoms with Crippen molar-refractivity contribution < 1.29 is 9.59 Å². The lowest BCUT2D eigenvalue weighted by atomic mass is 9.92. The monoisotopic (exact) mass is 345 g/mol. The molecular formula is C18H27N5O2. The minimum atomic E-state index is -0.269. The number of hydrogen-bond donors (Lipinski definition) is 1. The summed E-state index contributed by atoms with van der Waals surface area (Å²) in [5.74, 6) is 0.352. The molecule has 0 radical (unpaired) electrons. The zero-order chi connectivity index (χ0) is 18.0. The second kappa shape index (κ2) is 7.37. The quantitative estimate of drug-likeness (QED) is 0.881. The van der Waals surface area contributed by atoms with Crippen molar-refractivity contribution in [2.75, 3.05) is 38.1 Å². The second-order valence-corrected chi connectivity index (χ2v) is 7.20. The first-order valence-electron chi connectivity index (χ1n) is 9.09. The molecule has 7 nitrogen and oxygen atoms in total. The zero-order valence-corrected chi connectivity index (χ0v) is 15.2. The molecule has 2 aliphatic rings. The number of hydrogen-bond acceptors (Lipinski definition) is 5. The first-order chi connectivity index (χ1) is 12.0. The lowest BCUT2D eigenvalue weighted by molar-refractivity contribution is -0.133. The van der Waals surface area contributed by atoms with Gasteiger partial charge in [-0.1, -0.05) is 13.8 Å². The van der Waals surface area contributed by atoms with Crippen molar-refractivity contribution in [1.29, 1.82) is 0 Å². The fourth-order valence-corrected chi connectivity index (χ4v) is 3.74. The van der Waals surface area contributed by atoms with Crippen LogP contribution in [0.5, 0.6) is 0 Å². The van der Waals surface area contributed by atoms with Gasteiger partial charge in [0.2, 0.25) is 17.8 Å². The van der Waals surface area contributed by atoms with Crippen LogP contribution in [0.3, 0.4) is 0 Å². The zero-order valence-electron chi connectivity index (χ0n) is 15.2. The highest BCUT2D eigenvalue weighted by Gasteiger charge is 2.41. The van der Waals surface area contributed by atoms with Crippen LogP contribution >= 0.6 is 0 Å². The molecule has 1 aromatic rings. The van der Waals surface area contributed by atoms with Gasteiger partial charge in [0.05, 0.1) is 11.6 Å². The average Bonchev–Trinajstić information content (AvgIpc) is 3.30. The first-order valence-corrected chi connectivity index (χ1v) is 9.09. The molecular weight excluding hydrogens is 318 g/mol. The highest BCUT2D eigenvalue weighted by Crippen LogP contribution is 2.33. The molecule has 1 N–H and O–H groups in total. The van der Waals surface area contributed by atoms with Gasteiger partial charge in [-0.05, 0) is 18.9 Å². The largest absolute Gasteiger partial charge is 0.359 e. The summed E-state index contributed by atoms with van der Waals surface area (Å²) in [5.41, 5.74) is 0.851. The summed E-state index contributed by atoms with van der Waals surface area (Å²) in [6.45, 7) is 6.72. The molecule has 3 rings (SSSR count). The first kappa shape index (κ1) is 17.6. The van der Waals surface area contributed by atoms with Crippen LogP contribution in [-0.2, 0) is 9.59 Å². The molecule has 3 heterocycles. The Morgan fingerprint density at radius 1 is 1.24 bits per heavy atom. The number of amides is 2. The van der Waals surface area contributed by atoms with E-state index >= 15 is 0 Å². The number of nitrogens with one attached hydrogen (secondary N) is 1. The van der Waals surface area contributed by atoms with Gasteiger partial charge < -0.3 is 15.1 Å². The molecule has 0 bridgehead atoms. The number of likely N-dealkylation sites (tertiary alicyclic amines) is 1. The summed E-state index contributed by atoms with van der Waals surface area (Å²) < 4.78 is 0. The van der Waals surface area contributed by atoms with E-state index in [0.717, 1.165) is 37.6 Å². The summed E-state index contributed by atoms with van der Waals surface area (Å²) in [4.78, 5) is 37.9. The summed E-state index contributed by atoms with van der Waals surface area (Å²) in [6.07, 6.45) is 4.09. The van der Waals surface area contributed by atoms with Gasteiger partial charge in [0, 0.05) is 51.3 Å². The van der Waals surface area contributed by atoms with Gasteiger partial charge in [-0.15, -0.1) is 0 Å². The number of aromatic nitrogens is 2. The van der Waals surface area contributed by atoms with Crippen molar-refractivity contribution in [3.63, 3.8) is 0 Å². The molecule has 1 aromatic heterocycles. The van der Waals surface area contributed by atoms with Gasteiger partial charge in [-0.3, -0.25) is 9.59 Å². The van der Waals surface area contributed by atoms with Crippen LogP contribution in [0, 0.1) is 11.8 Å². The maximum Gasteiger partial charge on any atom is 0.225 e. The van der Waals surface area contributed by atoms with E-state index in [0.29, 0.717) is 13.1 Å². The van der Waals surface area contributed by atoms with Gasteiger partial charge in [-0.2, -0.15) is 0 Å². The van der Waals surface area contributed by atoms with E-state index in [9.17, 15) is 9.59 Å². The van der Waals surface area contributed by atoms with Crippen LogP contribution in [0.4, 0.5) is 5.95 Å². The molecule has 2 atom stereocenters. The van der Waals surface area contributed by atoms with Crippen LogP contribution < -0.4 is 10.2 Å². The predicted octanol–water partition coefficient (Wildman–Crippen LogP) is 1.02. The fraction of sp³-hybridized carbons (Fsp3) is 0.667. The third-order valence-electron chi connectivity index (χ3n) is 5.14. The van der Waals surface area contributed by atoms with E-state index in [1.165, 1.54) is 0 Å². The van der Waals surface area contributed by atoms with E-state index in [1.54, 1.807) is 18.1 Å². The lowest BCUT2D eigenvalue weighted by Crippen LogP contribution is -2.35. The summed E-state index contributed by atoms with van der Waals surface area (Å²) >= 11 is 0. The van der Waals surface area contributed by atoms with Crippen LogP contribution in [0.15, 0.2) is 12.3 Å². The Morgan fingerprint density at radius 3 is 2.60 bits per heavy atom. The summed E-state index contributed by atoms with van der Waals surface area (Å²) in [5, 5.41) is 2.73. The lowest BCUT2D eigenvalue weighted by Gasteiger charge is -2.20. The minimum Gasteiger partial charge on any atom is -0.359 e. The Bertz CT molecular complexity index is 642. The van der Waals surface area contributed by atoms with Crippen LogP contribution in [-0.4, -0.2) is 59.9 Å². The standard InChI is InChI=1S/C18H27N5O2/c1-12(2)17(25)23-10-13(14(11-23)16(24)19-3)15-6-7-20-18(21-15)22-8-4-5-9-22/h6-7,12-14H,4-5,8-11H2,1-3H3,(H,19,24)/t13-,14-/m1/s1. The van der Waals surface area contributed by atoms with Crippen LogP contribution in [0.25, 0.3) is 0 Å². The topological polar surface area (TPSA) is 78.4 Å². The Labute approximate surface area is 148 Å². The molecule has 0 unspecified atom stereocenters. The number of carbonyl (C=O) groups is 2. The van der Waals surface area contributed by atoms with Crippen molar-refractivity contribution in [2.45, 2.75) is 32.6 Å². The maximum absolute atomic E-state index is 12.4. The third kappa shape index (κ3) is 3.60. The number of rotatable bonds is 4. The van der Waals surface area contributed by atoms with Gasteiger partial charge in [0.15, 0.2) is 0 Å². The molecule has 2 saturated heterocycles. The third-order valence-corrected chi connectivity index (χ3v) is 5.14. The van der Waals surface area contributed by atoms with Crippen molar-refractivity contribution in [2.24, 2.45) is 11.8 Å². The van der Waals surface area contributed by atoms with Crippen LogP contribution in [0.1, 0.15) is 38.3 Å². The van der Waals surface area contributed by atoms with E-state index in [-0.39, 0.29) is 29.6 Å². The van der Waals surface area contributed by atoms with Gasteiger partial charge in [0.1, 0.15) is 0 Å². The predicted molar refractivity (Wildman–Crippen MR) is 95.2 cm³/mol. The van der Waals surface area contributed by atoms with E-state index in [4.69, 9.17) is 4.98 Å². The molecule has 25 heavy (non-hydrogen) atoms. The molecule has 0 spiro atoms. The van der Waals surface area contributed by atoms with Crippen molar-refractivity contribution in [3.8, 4) is 0 Å².